The Morgan fingerprint density at radius 3 is 2.86 bits per heavy atom. The molecule has 0 aliphatic carbocycles. The van der Waals surface area contributed by atoms with Crippen LogP contribution in [0.4, 0.5) is 5.82 Å². The molecule has 6 nitrogen and oxygen atoms in total. The number of thioether (sulfide) groups is 1. The van der Waals surface area contributed by atoms with E-state index < -0.39 is 0 Å². The summed E-state index contributed by atoms with van der Waals surface area (Å²) < 4.78 is 0. The van der Waals surface area contributed by atoms with Gasteiger partial charge >= 0.3 is 0 Å². The zero-order valence-electron chi connectivity index (χ0n) is 12.4. The van der Waals surface area contributed by atoms with Gasteiger partial charge in [-0.2, -0.15) is 16.9 Å². The van der Waals surface area contributed by atoms with Crippen LogP contribution in [0, 0.1) is 0 Å². The van der Waals surface area contributed by atoms with Gasteiger partial charge in [-0.05, 0) is 17.4 Å². The molecule has 0 atom stereocenters. The van der Waals surface area contributed by atoms with Gasteiger partial charge in [-0.3, -0.25) is 9.89 Å². The number of fused-ring (bicyclic) bond motifs is 1. The van der Waals surface area contributed by atoms with Crippen LogP contribution < -0.4 is 11.3 Å². The minimum absolute atomic E-state index is 0.177. The third-order valence-corrected chi connectivity index (χ3v) is 4.40. The molecule has 0 saturated carbocycles. The van der Waals surface area contributed by atoms with E-state index in [0.29, 0.717) is 33.4 Å². The zero-order chi connectivity index (χ0) is 15.7. The molecule has 2 heterocycles. The maximum atomic E-state index is 12.2. The van der Waals surface area contributed by atoms with Crippen molar-refractivity contribution in [2.24, 2.45) is 0 Å². The van der Waals surface area contributed by atoms with Crippen LogP contribution in [0.1, 0.15) is 19.5 Å². The van der Waals surface area contributed by atoms with E-state index in [9.17, 15) is 4.79 Å². The van der Waals surface area contributed by atoms with E-state index in [1.54, 1.807) is 17.8 Å². The number of nitrogens with zero attached hydrogens (tertiary/aromatic N) is 2. The summed E-state index contributed by atoms with van der Waals surface area (Å²) in [4.78, 5) is 19.5. The average Bonchev–Trinajstić information content (AvgIpc) is 2.86. The standard InChI is InChI=1S/C15H17N5OS/c1-8(2)22-7-11-12(13(16)20-19-11)14-17-10-6-4-3-5-9(10)15(21)18-14/h3-6,8H,7H2,1-2H3,(H3,16,19,20)(H,17,18,21). The van der Waals surface area contributed by atoms with E-state index in [-0.39, 0.29) is 5.56 Å². The molecular formula is C15H17N5OS. The molecule has 0 amide bonds. The number of nitrogens with one attached hydrogen (secondary N) is 2. The van der Waals surface area contributed by atoms with Crippen LogP contribution in [-0.2, 0) is 5.75 Å². The van der Waals surface area contributed by atoms with Crippen LogP contribution in [0.5, 0.6) is 0 Å². The normalized spacial score (nSPS) is 11.4. The number of anilines is 1. The first-order valence-electron chi connectivity index (χ1n) is 7.00. The van der Waals surface area contributed by atoms with Crippen molar-refractivity contribution in [2.75, 3.05) is 5.73 Å². The highest BCUT2D eigenvalue weighted by Gasteiger charge is 2.17. The molecule has 3 rings (SSSR count). The monoisotopic (exact) mass is 315 g/mol. The van der Waals surface area contributed by atoms with E-state index in [2.05, 4.69) is 34.0 Å². The Labute approximate surface area is 131 Å². The average molecular weight is 315 g/mol. The summed E-state index contributed by atoms with van der Waals surface area (Å²) in [6, 6.07) is 7.23. The second-order valence-electron chi connectivity index (χ2n) is 5.25. The molecule has 0 bridgehead atoms. The number of hydrogen-bond acceptors (Lipinski definition) is 5. The lowest BCUT2D eigenvalue weighted by molar-refractivity contribution is 1.03. The molecule has 0 fully saturated rings. The molecule has 114 valence electrons. The predicted molar refractivity (Wildman–Crippen MR) is 90.8 cm³/mol. The van der Waals surface area contributed by atoms with Crippen molar-refractivity contribution in [2.45, 2.75) is 24.9 Å². The molecule has 22 heavy (non-hydrogen) atoms. The van der Waals surface area contributed by atoms with Crippen molar-refractivity contribution in [1.29, 1.82) is 0 Å². The molecule has 0 aliphatic rings. The highest BCUT2D eigenvalue weighted by atomic mass is 32.2. The summed E-state index contributed by atoms with van der Waals surface area (Å²) in [5, 5.41) is 8.04. The fourth-order valence-electron chi connectivity index (χ4n) is 2.22. The van der Waals surface area contributed by atoms with Gasteiger partial charge in [0.15, 0.2) is 5.82 Å². The number of aromatic nitrogens is 4. The molecule has 7 heteroatoms. The van der Waals surface area contributed by atoms with Crippen molar-refractivity contribution in [3.63, 3.8) is 0 Å². The van der Waals surface area contributed by atoms with E-state index in [1.807, 2.05) is 18.2 Å². The van der Waals surface area contributed by atoms with Gasteiger partial charge in [-0.15, -0.1) is 0 Å². The van der Waals surface area contributed by atoms with Crippen molar-refractivity contribution >= 4 is 28.5 Å². The van der Waals surface area contributed by atoms with Crippen LogP contribution in [0.2, 0.25) is 0 Å². The summed E-state index contributed by atoms with van der Waals surface area (Å²) >= 11 is 1.77. The maximum absolute atomic E-state index is 12.2. The predicted octanol–water partition coefficient (Wildman–Crippen LogP) is 2.54. The SMILES string of the molecule is CC(C)SCc1[nH]nc(N)c1-c1nc2ccccc2c(=O)[nH]1. The molecule has 0 saturated heterocycles. The fourth-order valence-corrected chi connectivity index (χ4v) is 2.93. The van der Waals surface area contributed by atoms with Gasteiger partial charge < -0.3 is 10.7 Å². The van der Waals surface area contributed by atoms with E-state index in [1.165, 1.54) is 0 Å². The number of H-pyrrole nitrogens is 2. The number of nitrogen functional groups attached to an aromatic ring is 1. The van der Waals surface area contributed by atoms with Crippen LogP contribution >= 0.6 is 11.8 Å². The molecule has 0 aliphatic heterocycles. The summed E-state index contributed by atoms with van der Waals surface area (Å²) in [5.41, 5.74) is 7.97. The Hall–Kier alpha value is -2.28. The molecule has 0 spiro atoms. The Balaban J connectivity index is 2.11. The highest BCUT2D eigenvalue weighted by molar-refractivity contribution is 7.99. The van der Waals surface area contributed by atoms with Gasteiger partial charge in [-0.1, -0.05) is 26.0 Å². The Kier molecular flexibility index (Phi) is 3.89. The third-order valence-electron chi connectivity index (χ3n) is 3.28. The quantitative estimate of drug-likeness (QED) is 0.687. The molecule has 1 aromatic carbocycles. The van der Waals surface area contributed by atoms with Crippen molar-refractivity contribution < 1.29 is 0 Å². The lowest BCUT2D eigenvalue weighted by Gasteiger charge is -2.07. The number of rotatable bonds is 4. The molecular weight excluding hydrogens is 298 g/mol. The van der Waals surface area contributed by atoms with Crippen LogP contribution in [0.3, 0.4) is 0 Å². The van der Waals surface area contributed by atoms with Gasteiger partial charge in [0.1, 0.15) is 5.82 Å². The second-order valence-corrected chi connectivity index (χ2v) is 6.82. The van der Waals surface area contributed by atoms with E-state index in [0.717, 1.165) is 11.4 Å². The molecule has 0 unspecified atom stereocenters. The lowest BCUT2D eigenvalue weighted by atomic mass is 10.2. The zero-order valence-corrected chi connectivity index (χ0v) is 13.2. The van der Waals surface area contributed by atoms with Crippen molar-refractivity contribution in [3.05, 3.63) is 40.3 Å². The fraction of sp³-hybridized carbons (Fsp3) is 0.267. The molecule has 4 N–H and O–H groups in total. The first-order valence-corrected chi connectivity index (χ1v) is 8.05. The topological polar surface area (TPSA) is 100 Å². The number of nitrogens with two attached hydrogens (primary N) is 1. The van der Waals surface area contributed by atoms with Gasteiger partial charge in [-0.25, -0.2) is 4.98 Å². The Bertz CT molecular complexity index is 868. The molecule has 2 aromatic heterocycles. The Morgan fingerprint density at radius 2 is 2.09 bits per heavy atom. The van der Waals surface area contributed by atoms with Crippen LogP contribution in [-0.4, -0.2) is 25.4 Å². The summed E-state index contributed by atoms with van der Waals surface area (Å²) in [6.45, 7) is 4.25. The van der Waals surface area contributed by atoms with Gasteiger partial charge in [0.05, 0.1) is 22.2 Å². The van der Waals surface area contributed by atoms with Crippen LogP contribution in [0.15, 0.2) is 29.1 Å². The minimum atomic E-state index is -0.177. The third kappa shape index (κ3) is 2.71. The molecule has 3 aromatic rings. The summed E-state index contributed by atoms with van der Waals surface area (Å²) in [7, 11) is 0. The maximum Gasteiger partial charge on any atom is 0.259 e. The molecule has 0 radical (unpaired) electrons. The van der Waals surface area contributed by atoms with Gasteiger partial charge in [0, 0.05) is 5.75 Å². The number of hydrogen-bond donors (Lipinski definition) is 3. The van der Waals surface area contributed by atoms with Gasteiger partial charge in [0.2, 0.25) is 0 Å². The number of benzene rings is 1. The number of para-hydroxylation sites is 1. The van der Waals surface area contributed by atoms with Crippen LogP contribution in [0.25, 0.3) is 22.3 Å². The van der Waals surface area contributed by atoms with E-state index in [4.69, 9.17) is 5.73 Å². The van der Waals surface area contributed by atoms with Gasteiger partial charge in [0.25, 0.3) is 5.56 Å². The van der Waals surface area contributed by atoms with Crippen molar-refractivity contribution in [1.82, 2.24) is 20.2 Å². The Morgan fingerprint density at radius 1 is 1.32 bits per heavy atom. The summed E-state index contributed by atoms with van der Waals surface area (Å²) in [5.74, 6) is 1.53. The first-order chi connectivity index (χ1) is 10.6. The number of aromatic amines is 2. The van der Waals surface area contributed by atoms with E-state index >= 15 is 0 Å². The minimum Gasteiger partial charge on any atom is -0.382 e. The highest BCUT2D eigenvalue weighted by Crippen LogP contribution is 2.29. The largest absolute Gasteiger partial charge is 0.382 e. The second kappa shape index (κ2) is 5.84. The van der Waals surface area contributed by atoms with Crippen molar-refractivity contribution in [3.8, 4) is 11.4 Å². The lowest BCUT2D eigenvalue weighted by Crippen LogP contribution is -2.10. The first kappa shape index (κ1) is 14.6. The smallest absolute Gasteiger partial charge is 0.259 e. The summed E-state index contributed by atoms with van der Waals surface area (Å²) in [6.07, 6.45) is 0.